The largest absolute Gasteiger partial charge is 0.400 e. The van der Waals surface area contributed by atoms with Crippen LogP contribution in [0.5, 0.6) is 0 Å². The first-order chi connectivity index (χ1) is 7.55. The Balaban J connectivity index is 4.03. The lowest BCUT2D eigenvalue weighted by molar-refractivity contribution is 0.149. The topological polar surface area (TPSA) is 52.6 Å². The van der Waals surface area contributed by atoms with Gasteiger partial charge in [0.25, 0.3) is 0 Å². The highest BCUT2D eigenvalue weighted by Gasteiger charge is 2.18. The van der Waals surface area contributed by atoms with Crippen molar-refractivity contribution < 1.29 is 16.8 Å². The van der Waals surface area contributed by atoms with Crippen molar-refractivity contribution in [3.05, 3.63) is 12.7 Å². The van der Waals surface area contributed by atoms with Gasteiger partial charge in [-0.2, -0.15) is 8.42 Å². The third kappa shape index (κ3) is 7.84. The predicted molar refractivity (Wildman–Crippen MR) is 64.4 cm³/mol. The second-order valence-electron chi connectivity index (χ2n) is 3.60. The van der Waals surface area contributed by atoms with Crippen LogP contribution < -0.4 is 0 Å². The van der Waals surface area contributed by atoms with Gasteiger partial charge in [0.05, 0.1) is 12.7 Å². The Bertz CT molecular complexity index is 272. The minimum atomic E-state index is -3.86. The molecule has 0 aliphatic heterocycles. The molecule has 5 heteroatoms. The summed E-state index contributed by atoms with van der Waals surface area (Å²) in [5.74, 6) is 0. The number of hydrogen-bond donors (Lipinski definition) is 0. The zero-order valence-corrected chi connectivity index (χ0v) is 11.0. The Hall–Kier alpha value is -0.390. The van der Waals surface area contributed by atoms with Crippen LogP contribution in [-0.4, -0.2) is 21.1 Å². The van der Waals surface area contributed by atoms with Gasteiger partial charge in [-0.25, -0.2) is 8.37 Å². The van der Waals surface area contributed by atoms with Crippen LogP contribution in [-0.2, 0) is 18.8 Å². The molecule has 0 bridgehead atoms. The van der Waals surface area contributed by atoms with E-state index < -0.39 is 10.4 Å². The van der Waals surface area contributed by atoms with Crippen molar-refractivity contribution in [2.24, 2.45) is 0 Å². The molecule has 0 aromatic heterocycles. The first-order valence-electron chi connectivity index (χ1n) is 5.74. The van der Waals surface area contributed by atoms with E-state index in [2.05, 4.69) is 17.7 Å². The molecule has 16 heavy (non-hydrogen) atoms. The lowest BCUT2D eigenvalue weighted by atomic mass is 10.1. The van der Waals surface area contributed by atoms with Gasteiger partial charge in [-0.3, -0.25) is 0 Å². The van der Waals surface area contributed by atoms with E-state index in [0.29, 0.717) is 6.42 Å². The van der Waals surface area contributed by atoms with E-state index in [1.165, 1.54) is 6.08 Å². The fourth-order valence-electron chi connectivity index (χ4n) is 1.27. The third-order valence-electron chi connectivity index (χ3n) is 2.17. The Labute approximate surface area is 99.0 Å². The molecule has 0 saturated carbocycles. The lowest BCUT2D eigenvalue weighted by Gasteiger charge is -2.14. The first-order valence-corrected chi connectivity index (χ1v) is 7.07. The van der Waals surface area contributed by atoms with E-state index in [4.69, 9.17) is 4.18 Å². The molecule has 0 radical (unpaired) electrons. The molecule has 0 fully saturated rings. The summed E-state index contributed by atoms with van der Waals surface area (Å²) in [5, 5.41) is 0. The Morgan fingerprint density at radius 1 is 1.31 bits per heavy atom. The van der Waals surface area contributed by atoms with Crippen LogP contribution in [0.1, 0.15) is 46.0 Å². The van der Waals surface area contributed by atoms with Crippen LogP contribution in [0.2, 0.25) is 0 Å². The molecular formula is C11H22O4S. The third-order valence-corrected chi connectivity index (χ3v) is 3.10. The van der Waals surface area contributed by atoms with Crippen molar-refractivity contribution in [2.75, 3.05) is 6.61 Å². The standard InChI is InChI=1S/C11H22O4S/c1-4-7-8-9-11(6-3)15-16(12,13)14-10-5-2/h5,11H,2,4,6-10H2,1,3H3. The first kappa shape index (κ1) is 15.6. The van der Waals surface area contributed by atoms with Gasteiger partial charge in [-0.05, 0) is 12.8 Å². The number of hydrogen-bond acceptors (Lipinski definition) is 4. The molecule has 0 rings (SSSR count). The van der Waals surface area contributed by atoms with Gasteiger partial charge >= 0.3 is 10.4 Å². The summed E-state index contributed by atoms with van der Waals surface area (Å²) in [4.78, 5) is 0. The maximum atomic E-state index is 11.3. The second kappa shape index (κ2) is 8.73. The van der Waals surface area contributed by atoms with E-state index in [9.17, 15) is 8.42 Å². The average Bonchev–Trinajstić information content (AvgIpc) is 2.25. The van der Waals surface area contributed by atoms with Gasteiger partial charge in [0.1, 0.15) is 0 Å². The predicted octanol–water partition coefficient (Wildman–Crippen LogP) is 2.81. The summed E-state index contributed by atoms with van der Waals surface area (Å²) in [5.41, 5.74) is 0. The van der Waals surface area contributed by atoms with E-state index in [0.717, 1.165) is 25.7 Å². The van der Waals surface area contributed by atoms with Crippen molar-refractivity contribution in [3.8, 4) is 0 Å². The average molecular weight is 250 g/mol. The summed E-state index contributed by atoms with van der Waals surface area (Å²) in [7, 11) is -3.86. The van der Waals surface area contributed by atoms with Crippen LogP contribution in [0.4, 0.5) is 0 Å². The molecule has 0 N–H and O–H groups in total. The van der Waals surface area contributed by atoms with Gasteiger partial charge < -0.3 is 0 Å². The maximum Gasteiger partial charge on any atom is 0.400 e. The summed E-state index contributed by atoms with van der Waals surface area (Å²) < 4.78 is 32.1. The fraction of sp³-hybridized carbons (Fsp3) is 0.818. The normalized spacial score (nSPS) is 13.6. The molecule has 0 aliphatic carbocycles. The van der Waals surface area contributed by atoms with Gasteiger partial charge in [-0.15, -0.1) is 6.58 Å². The van der Waals surface area contributed by atoms with E-state index in [1.54, 1.807) is 0 Å². The van der Waals surface area contributed by atoms with Gasteiger partial charge in [-0.1, -0.05) is 39.2 Å². The van der Waals surface area contributed by atoms with E-state index in [-0.39, 0.29) is 12.7 Å². The van der Waals surface area contributed by atoms with Gasteiger partial charge in [0.2, 0.25) is 0 Å². The molecule has 0 amide bonds. The minimum absolute atomic E-state index is 0.0479. The zero-order chi connectivity index (χ0) is 12.4. The highest BCUT2D eigenvalue weighted by Crippen LogP contribution is 2.13. The highest BCUT2D eigenvalue weighted by atomic mass is 32.3. The SMILES string of the molecule is C=CCOS(=O)(=O)OC(CC)CCCCC. The van der Waals surface area contributed by atoms with Crippen LogP contribution >= 0.6 is 0 Å². The molecular weight excluding hydrogens is 228 g/mol. The highest BCUT2D eigenvalue weighted by molar-refractivity contribution is 7.81. The van der Waals surface area contributed by atoms with Crippen molar-refractivity contribution in [1.82, 2.24) is 0 Å². The van der Waals surface area contributed by atoms with Crippen molar-refractivity contribution >= 4 is 10.4 Å². The van der Waals surface area contributed by atoms with Crippen LogP contribution in [0.25, 0.3) is 0 Å². The lowest BCUT2D eigenvalue weighted by Crippen LogP contribution is -2.19. The zero-order valence-electron chi connectivity index (χ0n) is 10.1. The van der Waals surface area contributed by atoms with Crippen molar-refractivity contribution in [3.63, 3.8) is 0 Å². The molecule has 4 nitrogen and oxygen atoms in total. The molecule has 0 aliphatic rings. The Kier molecular flexibility index (Phi) is 8.51. The molecule has 1 unspecified atom stereocenters. The second-order valence-corrected chi connectivity index (χ2v) is 4.85. The molecule has 1 atom stereocenters. The van der Waals surface area contributed by atoms with Crippen LogP contribution in [0.3, 0.4) is 0 Å². The fourth-order valence-corrected chi connectivity index (χ4v) is 2.15. The van der Waals surface area contributed by atoms with E-state index in [1.807, 2.05) is 6.92 Å². The molecule has 96 valence electrons. The van der Waals surface area contributed by atoms with E-state index >= 15 is 0 Å². The summed E-state index contributed by atoms with van der Waals surface area (Å²) in [6.45, 7) is 7.34. The summed E-state index contributed by atoms with van der Waals surface area (Å²) in [6.07, 6.45) is 5.69. The molecule has 0 aromatic carbocycles. The molecule has 0 saturated heterocycles. The quantitative estimate of drug-likeness (QED) is 0.442. The Morgan fingerprint density at radius 3 is 2.50 bits per heavy atom. The molecule has 0 heterocycles. The number of unbranched alkanes of at least 4 members (excludes halogenated alkanes) is 2. The van der Waals surface area contributed by atoms with Gasteiger partial charge in [0.15, 0.2) is 0 Å². The van der Waals surface area contributed by atoms with Crippen LogP contribution in [0, 0.1) is 0 Å². The van der Waals surface area contributed by atoms with Crippen molar-refractivity contribution in [1.29, 1.82) is 0 Å². The summed E-state index contributed by atoms with van der Waals surface area (Å²) in [6, 6.07) is 0. The Morgan fingerprint density at radius 2 is 2.00 bits per heavy atom. The number of rotatable bonds is 10. The molecule has 0 aromatic rings. The minimum Gasteiger partial charge on any atom is -0.245 e. The monoisotopic (exact) mass is 250 g/mol. The van der Waals surface area contributed by atoms with Crippen molar-refractivity contribution in [2.45, 2.75) is 52.1 Å². The van der Waals surface area contributed by atoms with Gasteiger partial charge in [0, 0.05) is 0 Å². The maximum absolute atomic E-state index is 11.3. The molecule has 0 spiro atoms. The summed E-state index contributed by atoms with van der Waals surface area (Å²) >= 11 is 0. The smallest absolute Gasteiger partial charge is 0.245 e. The van der Waals surface area contributed by atoms with Crippen LogP contribution in [0.15, 0.2) is 12.7 Å².